The van der Waals surface area contributed by atoms with E-state index in [4.69, 9.17) is 0 Å². The Hall–Kier alpha value is -3.98. The van der Waals surface area contributed by atoms with Crippen molar-refractivity contribution in [3.05, 3.63) is 100 Å². The van der Waals surface area contributed by atoms with E-state index in [0.29, 0.717) is 16.6 Å². The maximum atomic E-state index is 13.2. The van der Waals surface area contributed by atoms with Crippen LogP contribution in [0.4, 0.5) is 10.1 Å². The van der Waals surface area contributed by atoms with Crippen LogP contribution in [-0.2, 0) is 9.59 Å². The molecular weight excluding hydrogens is 503 g/mol. The second kappa shape index (κ2) is 9.88. The van der Waals surface area contributed by atoms with Gasteiger partial charge in [0.1, 0.15) is 11.5 Å². The average Bonchev–Trinajstić information content (AvgIpc) is 3.18. The van der Waals surface area contributed by atoms with Crippen molar-refractivity contribution < 1.29 is 18.8 Å². The number of nitrogens with zero attached hydrogens (tertiary/aromatic N) is 1. The first-order valence-electron chi connectivity index (χ1n) is 10.4. The van der Waals surface area contributed by atoms with E-state index in [-0.39, 0.29) is 5.69 Å². The first-order chi connectivity index (χ1) is 16.3. The van der Waals surface area contributed by atoms with Crippen molar-refractivity contribution in [2.24, 2.45) is 0 Å². The molecule has 3 N–H and O–H groups in total. The van der Waals surface area contributed by atoms with Gasteiger partial charge in [-0.2, -0.15) is 0 Å². The number of amides is 3. The molecule has 0 aliphatic carbocycles. The van der Waals surface area contributed by atoms with Gasteiger partial charge in [0.05, 0.1) is 11.6 Å². The molecule has 4 rings (SSSR count). The molecule has 34 heavy (non-hydrogen) atoms. The van der Waals surface area contributed by atoms with E-state index in [1.807, 2.05) is 30.3 Å². The summed E-state index contributed by atoms with van der Waals surface area (Å²) in [5.41, 5.74) is 4.35. The number of rotatable bonds is 5. The highest BCUT2D eigenvalue weighted by Gasteiger charge is 2.22. The van der Waals surface area contributed by atoms with Crippen LogP contribution < -0.4 is 16.1 Å². The molecule has 0 radical (unpaired) electrons. The molecule has 9 heteroatoms. The summed E-state index contributed by atoms with van der Waals surface area (Å²) >= 11 is 3.39. The fraction of sp³-hybridized carbons (Fsp3) is 0.0800. The summed E-state index contributed by atoms with van der Waals surface area (Å²) < 4.78 is 15.2. The minimum atomic E-state index is -0.931. The molecular formula is C25H20BrFN4O3. The molecule has 0 spiro atoms. The van der Waals surface area contributed by atoms with Crippen LogP contribution in [0.1, 0.15) is 29.0 Å². The van der Waals surface area contributed by atoms with Crippen LogP contribution in [0.2, 0.25) is 0 Å². The van der Waals surface area contributed by atoms with Crippen LogP contribution in [0.3, 0.4) is 0 Å². The number of aromatic nitrogens is 1. The number of carbonyl (C=O) groups excluding carboxylic acids is 3. The quantitative estimate of drug-likeness (QED) is 0.330. The molecule has 0 saturated heterocycles. The van der Waals surface area contributed by atoms with Crippen LogP contribution >= 0.6 is 15.9 Å². The summed E-state index contributed by atoms with van der Waals surface area (Å²) in [6, 6.07) is 21.0. The monoisotopic (exact) mass is 522 g/mol. The predicted octanol–water partition coefficient (Wildman–Crippen LogP) is 4.74. The van der Waals surface area contributed by atoms with Crippen LogP contribution in [0.5, 0.6) is 0 Å². The van der Waals surface area contributed by atoms with Gasteiger partial charge in [-0.3, -0.25) is 19.8 Å². The van der Waals surface area contributed by atoms with Crippen molar-refractivity contribution in [3.63, 3.8) is 0 Å². The van der Waals surface area contributed by atoms with Gasteiger partial charge in [0.2, 0.25) is 0 Å². The van der Waals surface area contributed by atoms with Gasteiger partial charge in [0.15, 0.2) is 0 Å². The number of halogens is 2. The zero-order chi connectivity index (χ0) is 24.2. The van der Waals surface area contributed by atoms with E-state index in [9.17, 15) is 18.8 Å². The standard InChI is InChI=1S/C25H20BrFN4O3/c1-15(16-5-3-2-4-6-16)28-24(33)25(34)30-31-21-12-7-18(26)13-17(21)14-22(31)23(32)29-20-10-8-19(27)9-11-20/h2-15H,1H3,(H,28,33)(H,29,32)(H,30,34)/t15-/m0/s1. The third-order valence-corrected chi connectivity index (χ3v) is 5.66. The van der Waals surface area contributed by atoms with Gasteiger partial charge in [-0.1, -0.05) is 46.3 Å². The lowest BCUT2D eigenvalue weighted by atomic mass is 10.1. The van der Waals surface area contributed by atoms with Gasteiger partial charge in [0.25, 0.3) is 5.91 Å². The zero-order valence-corrected chi connectivity index (χ0v) is 19.6. The van der Waals surface area contributed by atoms with E-state index < -0.39 is 29.6 Å². The highest BCUT2D eigenvalue weighted by Crippen LogP contribution is 2.24. The molecule has 1 atom stereocenters. The molecule has 1 heterocycles. The third kappa shape index (κ3) is 5.15. The lowest BCUT2D eigenvalue weighted by molar-refractivity contribution is -0.137. The molecule has 7 nitrogen and oxygen atoms in total. The summed E-state index contributed by atoms with van der Waals surface area (Å²) in [5.74, 6) is -2.75. The Kier molecular flexibility index (Phi) is 6.74. The normalized spacial score (nSPS) is 11.6. The van der Waals surface area contributed by atoms with E-state index in [0.717, 1.165) is 10.0 Å². The Morgan fingerprint density at radius 3 is 2.32 bits per heavy atom. The van der Waals surface area contributed by atoms with Gasteiger partial charge in [-0.15, -0.1) is 0 Å². The number of fused-ring (bicyclic) bond motifs is 1. The highest BCUT2D eigenvalue weighted by atomic mass is 79.9. The van der Waals surface area contributed by atoms with Crippen molar-refractivity contribution >= 4 is 50.2 Å². The fourth-order valence-corrected chi connectivity index (χ4v) is 3.82. The maximum Gasteiger partial charge on any atom is 0.328 e. The van der Waals surface area contributed by atoms with Gasteiger partial charge in [-0.25, -0.2) is 9.07 Å². The molecule has 0 bridgehead atoms. The van der Waals surface area contributed by atoms with Crippen molar-refractivity contribution in [2.45, 2.75) is 13.0 Å². The number of hydrogen-bond donors (Lipinski definition) is 3. The molecule has 172 valence electrons. The Labute approximate surface area is 203 Å². The largest absolute Gasteiger partial charge is 0.341 e. The van der Waals surface area contributed by atoms with Crippen molar-refractivity contribution in [1.82, 2.24) is 9.99 Å². The zero-order valence-electron chi connectivity index (χ0n) is 18.0. The highest BCUT2D eigenvalue weighted by molar-refractivity contribution is 9.10. The molecule has 0 unspecified atom stereocenters. The van der Waals surface area contributed by atoms with Crippen molar-refractivity contribution in [1.29, 1.82) is 0 Å². The van der Waals surface area contributed by atoms with E-state index in [2.05, 4.69) is 32.0 Å². The van der Waals surface area contributed by atoms with E-state index in [1.165, 1.54) is 28.9 Å². The fourth-order valence-electron chi connectivity index (χ4n) is 3.44. The minimum Gasteiger partial charge on any atom is -0.341 e. The summed E-state index contributed by atoms with van der Waals surface area (Å²) in [7, 11) is 0. The van der Waals surface area contributed by atoms with Crippen molar-refractivity contribution in [3.8, 4) is 0 Å². The van der Waals surface area contributed by atoms with Crippen molar-refractivity contribution in [2.75, 3.05) is 10.7 Å². The Morgan fingerprint density at radius 2 is 1.62 bits per heavy atom. The Balaban J connectivity index is 1.59. The van der Waals surface area contributed by atoms with Crippen LogP contribution in [0.15, 0.2) is 83.3 Å². The molecule has 0 fully saturated rings. The number of benzene rings is 3. The third-order valence-electron chi connectivity index (χ3n) is 5.17. The van der Waals surface area contributed by atoms with Crippen LogP contribution in [-0.4, -0.2) is 22.4 Å². The second-order valence-corrected chi connectivity index (χ2v) is 8.49. The Bertz CT molecular complexity index is 1370. The lowest BCUT2D eigenvalue weighted by Crippen LogP contribution is -2.40. The summed E-state index contributed by atoms with van der Waals surface area (Å²) in [5, 5.41) is 5.98. The van der Waals surface area contributed by atoms with Gasteiger partial charge in [0, 0.05) is 15.5 Å². The van der Waals surface area contributed by atoms with Gasteiger partial charge < -0.3 is 10.6 Å². The number of carbonyl (C=O) groups is 3. The molecule has 0 aliphatic heterocycles. The predicted molar refractivity (Wildman–Crippen MR) is 131 cm³/mol. The minimum absolute atomic E-state index is 0.0923. The molecule has 0 aliphatic rings. The smallest absolute Gasteiger partial charge is 0.328 e. The molecule has 0 saturated carbocycles. The number of anilines is 1. The number of nitrogens with one attached hydrogen (secondary N) is 3. The first kappa shape index (κ1) is 23.2. The van der Waals surface area contributed by atoms with Crippen LogP contribution in [0, 0.1) is 5.82 Å². The maximum absolute atomic E-state index is 13.2. The average molecular weight is 523 g/mol. The molecule has 3 aromatic carbocycles. The first-order valence-corrected chi connectivity index (χ1v) is 11.2. The molecule has 4 aromatic rings. The van der Waals surface area contributed by atoms with Crippen LogP contribution in [0.25, 0.3) is 10.9 Å². The molecule has 1 aromatic heterocycles. The Morgan fingerprint density at radius 1 is 0.912 bits per heavy atom. The number of hydrogen-bond acceptors (Lipinski definition) is 3. The summed E-state index contributed by atoms with van der Waals surface area (Å²) in [6.07, 6.45) is 0. The summed E-state index contributed by atoms with van der Waals surface area (Å²) in [4.78, 5) is 38.3. The second-order valence-electron chi connectivity index (χ2n) is 7.58. The lowest BCUT2D eigenvalue weighted by Gasteiger charge is -2.16. The van der Waals surface area contributed by atoms with E-state index >= 15 is 0 Å². The van der Waals surface area contributed by atoms with Gasteiger partial charge in [-0.05, 0) is 61.0 Å². The van der Waals surface area contributed by atoms with Gasteiger partial charge >= 0.3 is 11.8 Å². The SMILES string of the molecule is C[C@H](NC(=O)C(=O)Nn1c(C(=O)Nc2ccc(F)cc2)cc2cc(Br)ccc21)c1ccccc1. The topological polar surface area (TPSA) is 92.2 Å². The summed E-state index contributed by atoms with van der Waals surface area (Å²) in [6.45, 7) is 1.77. The van der Waals surface area contributed by atoms with E-state index in [1.54, 1.807) is 31.2 Å². The molecule has 3 amide bonds.